The summed E-state index contributed by atoms with van der Waals surface area (Å²) in [5.74, 6) is 2.00. The van der Waals surface area contributed by atoms with Crippen molar-refractivity contribution < 1.29 is 4.79 Å². The maximum Gasteiger partial charge on any atom is 0.224 e. The van der Waals surface area contributed by atoms with Gasteiger partial charge in [0, 0.05) is 82.1 Å². The van der Waals surface area contributed by atoms with Gasteiger partial charge in [0.15, 0.2) is 5.96 Å². The van der Waals surface area contributed by atoms with Crippen LogP contribution in [-0.2, 0) is 24.2 Å². The predicted octanol–water partition coefficient (Wildman–Crippen LogP) is 2.45. The number of hydrogen-bond acceptors (Lipinski definition) is 7. The summed E-state index contributed by atoms with van der Waals surface area (Å²) >= 11 is 3.28. The molecule has 1 N–H and O–H groups in total. The Kier molecular flexibility index (Phi) is 8.90. The normalized spacial score (nSPS) is 16.7. The fourth-order valence-electron chi connectivity index (χ4n) is 3.86. The van der Waals surface area contributed by atoms with Gasteiger partial charge >= 0.3 is 0 Å². The van der Waals surface area contributed by atoms with E-state index in [9.17, 15) is 4.79 Å². The van der Waals surface area contributed by atoms with Crippen LogP contribution in [0.4, 0.5) is 5.13 Å². The molecule has 0 aliphatic carbocycles. The summed E-state index contributed by atoms with van der Waals surface area (Å²) in [6.07, 6.45) is 2.34. The van der Waals surface area contributed by atoms with E-state index in [1.54, 1.807) is 18.4 Å². The van der Waals surface area contributed by atoms with E-state index >= 15 is 0 Å². The number of amides is 1. The summed E-state index contributed by atoms with van der Waals surface area (Å²) in [7, 11) is 1.80. The molecule has 8 nitrogen and oxygen atoms in total. The van der Waals surface area contributed by atoms with Gasteiger partial charge in [-0.25, -0.2) is 4.98 Å². The number of nitrogens with one attached hydrogen (secondary N) is 1. The average Bonchev–Trinajstić information content (AvgIpc) is 3.45. The van der Waals surface area contributed by atoms with E-state index in [0.29, 0.717) is 13.0 Å². The molecule has 0 saturated carbocycles. The minimum Gasteiger partial charge on any atom is -0.356 e. The standard InChI is InChI=1S/C20H29N7OS2.HI/c1-3-17-23-20(30-24-17)26-11-9-25(10-12-26)19(21-2)22-7-4-18(28)27-8-5-16-15(14-27)6-13-29-16;/h6,13H,3-5,7-12,14H2,1-2H3,(H,21,22);1H. The Hall–Kier alpha value is -1.47. The smallest absolute Gasteiger partial charge is 0.224 e. The van der Waals surface area contributed by atoms with E-state index < -0.39 is 0 Å². The number of carbonyl (C=O) groups is 1. The molecule has 1 amide bonds. The number of fused-ring (bicyclic) bond motifs is 1. The predicted molar refractivity (Wildman–Crippen MR) is 138 cm³/mol. The first-order valence-corrected chi connectivity index (χ1v) is 12.2. The number of carbonyl (C=O) groups excluding carboxylic acids is 1. The number of rotatable bonds is 5. The fourth-order valence-corrected chi connectivity index (χ4v) is 5.55. The summed E-state index contributed by atoms with van der Waals surface area (Å²) in [4.78, 5) is 29.6. The molecule has 4 heterocycles. The Morgan fingerprint density at radius 2 is 2.03 bits per heavy atom. The number of piperazine rings is 1. The molecule has 1 fully saturated rings. The number of hydrogen-bond donors (Lipinski definition) is 1. The highest BCUT2D eigenvalue weighted by atomic mass is 127. The second-order valence-corrected chi connectivity index (χ2v) is 9.21. The molecule has 0 radical (unpaired) electrons. The lowest BCUT2D eigenvalue weighted by Gasteiger charge is -2.36. The Morgan fingerprint density at radius 1 is 1.23 bits per heavy atom. The maximum absolute atomic E-state index is 12.6. The Labute approximate surface area is 208 Å². The largest absolute Gasteiger partial charge is 0.356 e. The van der Waals surface area contributed by atoms with Gasteiger partial charge in [-0.1, -0.05) is 6.92 Å². The zero-order valence-electron chi connectivity index (χ0n) is 18.0. The van der Waals surface area contributed by atoms with Crippen molar-refractivity contribution in [3.63, 3.8) is 0 Å². The van der Waals surface area contributed by atoms with Crippen molar-refractivity contribution in [1.82, 2.24) is 24.5 Å². The van der Waals surface area contributed by atoms with Crippen LogP contribution in [0.2, 0.25) is 0 Å². The lowest BCUT2D eigenvalue weighted by Crippen LogP contribution is -2.53. The monoisotopic (exact) mass is 575 g/mol. The zero-order valence-corrected chi connectivity index (χ0v) is 22.0. The first-order valence-electron chi connectivity index (χ1n) is 10.5. The maximum atomic E-state index is 12.6. The molecular formula is C20H30IN7OS2. The Morgan fingerprint density at radius 3 is 2.74 bits per heavy atom. The molecule has 2 aliphatic heterocycles. The molecule has 31 heavy (non-hydrogen) atoms. The second-order valence-electron chi connectivity index (χ2n) is 7.48. The first kappa shape index (κ1) is 24.2. The van der Waals surface area contributed by atoms with Crippen LogP contribution in [0, 0.1) is 0 Å². The van der Waals surface area contributed by atoms with Crippen LogP contribution in [0.3, 0.4) is 0 Å². The molecule has 0 aromatic carbocycles. The third-order valence-corrected chi connectivity index (χ3v) is 7.46. The summed E-state index contributed by atoms with van der Waals surface area (Å²) in [5.41, 5.74) is 1.31. The van der Waals surface area contributed by atoms with E-state index in [-0.39, 0.29) is 29.9 Å². The number of aryl methyl sites for hydroxylation is 1. The third-order valence-electron chi connectivity index (χ3n) is 5.62. The molecule has 11 heteroatoms. The lowest BCUT2D eigenvalue weighted by molar-refractivity contribution is -0.131. The first-order chi connectivity index (χ1) is 14.7. The van der Waals surface area contributed by atoms with Gasteiger partial charge in [-0.15, -0.1) is 35.3 Å². The van der Waals surface area contributed by atoms with Gasteiger partial charge < -0.3 is 20.0 Å². The number of aliphatic imine (C=N–C) groups is 1. The molecule has 0 bridgehead atoms. The molecule has 2 aliphatic rings. The SMILES string of the molecule is CCc1nsc(N2CCN(C(=NC)NCCC(=O)N3CCc4sccc4C3)CC2)n1.I. The van der Waals surface area contributed by atoms with Gasteiger partial charge in [-0.05, 0) is 23.4 Å². The molecule has 0 unspecified atom stereocenters. The van der Waals surface area contributed by atoms with Gasteiger partial charge in [0.25, 0.3) is 0 Å². The highest BCUT2D eigenvalue weighted by Gasteiger charge is 2.23. The van der Waals surface area contributed by atoms with Crippen molar-refractivity contribution in [1.29, 1.82) is 0 Å². The molecule has 4 rings (SSSR count). The van der Waals surface area contributed by atoms with E-state index in [2.05, 4.69) is 47.8 Å². The van der Waals surface area contributed by atoms with Crippen molar-refractivity contribution in [2.45, 2.75) is 32.7 Å². The number of anilines is 1. The van der Waals surface area contributed by atoms with Crippen molar-refractivity contribution >= 4 is 63.8 Å². The summed E-state index contributed by atoms with van der Waals surface area (Å²) < 4.78 is 4.39. The molecular weight excluding hydrogens is 545 g/mol. The summed E-state index contributed by atoms with van der Waals surface area (Å²) in [5, 5.41) is 6.51. The number of nitrogens with zero attached hydrogens (tertiary/aromatic N) is 6. The van der Waals surface area contributed by atoms with Crippen LogP contribution < -0.4 is 10.2 Å². The Bertz CT molecular complexity index is 892. The van der Waals surface area contributed by atoms with Crippen LogP contribution in [-0.4, -0.2) is 77.3 Å². The van der Waals surface area contributed by atoms with Gasteiger partial charge in [0.2, 0.25) is 11.0 Å². The Balaban J connectivity index is 0.00000272. The number of thiophene rings is 1. The summed E-state index contributed by atoms with van der Waals surface area (Å²) in [6.45, 7) is 7.81. The van der Waals surface area contributed by atoms with Crippen molar-refractivity contribution in [2.24, 2.45) is 4.99 Å². The topological polar surface area (TPSA) is 77.0 Å². The van der Waals surface area contributed by atoms with Gasteiger partial charge in [0.05, 0.1) is 0 Å². The highest BCUT2D eigenvalue weighted by molar-refractivity contribution is 14.0. The fraction of sp³-hybridized carbons (Fsp3) is 0.600. The van der Waals surface area contributed by atoms with E-state index in [1.165, 1.54) is 22.0 Å². The molecule has 2 aromatic heterocycles. The third kappa shape index (κ3) is 5.86. The number of guanidine groups is 1. The van der Waals surface area contributed by atoms with Gasteiger partial charge in [0.1, 0.15) is 5.82 Å². The van der Waals surface area contributed by atoms with Crippen LogP contribution in [0.15, 0.2) is 16.4 Å². The molecule has 2 aromatic rings. The quantitative estimate of drug-likeness (QED) is 0.336. The molecule has 0 atom stereocenters. The van der Waals surface area contributed by atoms with E-state index in [4.69, 9.17) is 0 Å². The minimum atomic E-state index is 0. The van der Waals surface area contributed by atoms with Crippen LogP contribution in [0.1, 0.15) is 29.6 Å². The zero-order chi connectivity index (χ0) is 20.9. The van der Waals surface area contributed by atoms with E-state index in [1.807, 2.05) is 4.90 Å². The highest BCUT2D eigenvalue weighted by Crippen LogP contribution is 2.24. The molecule has 170 valence electrons. The number of halogens is 1. The van der Waals surface area contributed by atoms with Crippen molar-refractivity contribution in [3.8, 4) is 0 Å². The van der Waals surface area contributed by atoms with Gasteiger partial charge in [-0.2, -0.15) is 4.37 Å². The molecule has 0 spiro atoms. The van der Waals surface area contributed by atoms with Crippen molar-refractivity contribution in [2.75, 3.05) is 51.2 Å². The molecule has 1 saturated heterocycles. The minimum absolute atomic E-state index is 0. The lowest BCUT2D eigenvalue weighted by atomic mass is 10.1. The van der Waals surface area contributed by atoms with Crippen LogP contribution >= 0.6 is 46.8 Å². The van der Waals surface area contributed by atoms with Crippen LogP contribution in [0.5, 0.6) is 0 Å². The van der Waals surface area contributed by atoms with Crippen molar-refractivity contribution in [3.05, 3.63) is 27.7 Å². The van der Waals surface area contributed by atoms with E-state index in [0.717, 1.165) is 69.0 Å². The van der Waals surface area contributed by atoms with Gasteiger partial charge in [-0.3, -0.25) is 9.79 Å². The van der Waals surface area contributed by atoms with Crippen LogP contribution in [0.25, 0.3) is 0 Å². The second kappa shape index (κ2) is 11.4. The summed E-state index contributed by atoms with van der Waals surface area (Å²) in [6, 6.07) is 2.14. The number of aromatic nitrogens is 2. The average molecular weight is 576 g/mol.